The molecule has 0 unspecified atom stereocenters. The first kappa shape index (κ1) is 18.0. The second-order valence-corrected chi connectivity index (χ2v) is 17.3. The minimum Gasteiger partial charge on any atom is -0.214 e. The van der Waals surface area contributed by atoms with E-state index in [1.54, 1.807) is 0 Å². The summed E-state index contributed by atoms with van der Waals surface area (Å²) in [5.41, 5.74) is 2.78. The van der Waals surface area contributed by atoms with Gasteiger partial charge in [-0.05, 0) is 0 Å². The summed E-state index contributed by atoms with van der Waals surface area (Å²) in [6.07, 6.45) is 0. The number of hydrogen-bond acceptors (Lipinski definition) is 0. The molecule has 0 aliphatic rings. The fourth-order valence-corrected chi connectivity index (χ4v) is 0.920. The van der Waals surface area contributed by atoms with Crippen molar-refractivity contribution in [2.75, 3.05) is 0 Å². The van der Waals surface area contributed by atoms with Crippen LogP contribution in [0, 0.1) is 13.8 Å². The smallest absolute Gasteiger partial charge is 0.0958 e. The van der Waals surface area contributed by atoms with Crippen LogP contribution in [0.3, 0.4) is 0 Å². The van der Waals surface area contributed by atoms with E-state index in [9.17, 15) is 0 Å². The van der Waals surface area contributed by atoms with Crippen LogP contribution in [0.15, 0.2) is 48.5 Å². The van der Waals surface area contributed by atoms with Crippen molar-refractivity contribution in [3.63, 3.8) is 0 Å². The van der Waals surface area contributed by atoms with Crippen molar-refractivity contribution >= 4 is 20.4 Å². The zero-order valence-corrected chi connectivity index (χ0v) is 16.5. The van der Waals surface area contributed by atoms with E-state index < -0.39 is 18.6 Å². The van der Waals surface area contributed by atoms with Gasteiger partial charge in [-0.25, -0.2) is 12.1 Å². The molecule has 0 radical (unpaired) electrons. The summed E-state index contributed by atoms with van der Waals surface area (Å²) in [5.74, 6) is 0. The maximum absolute atomic E-state index is 5.55. The fourth-order valence-electron chi connectivity index (χ4n) is 0.920. The van der Waals surface area contributed by atoms with Gasteiger partial charge >= 0.3 is 52.8 Å². The standard InChI is InChI=1S/C7H9.C5H5.C3H6.2ClH.Hf/c1-6-4-3-5-7(6)2;1-2-4-5-3-1;1-3-2;;;/h3-5H,1-2H3;1-5H;1-2H3;2*1H;/q2*-1;;;;+2/p-2. The maximum atomic E-state index is 5.55. The average molecular weight is 450 g/mol. The van der Waals surface area contributed by atoms with E-state index >= 15 is 0 Å². The largest absolute Gasteiger partial charge is 0.214 e. The van der Waals surface area contributed by atoms with E-state index in [-0.39, 0.29) is 0 Å². The fraction of sp³-hybridized carbons (Fsp3) is 0.267. The Bertz CT molecular complexity index is 387. The minimum atomic E-state index is -1.97. The van der Waals surface area contributed by atoms with Crippen LogP contribution in [-0.4, -0.2) is 3.26 Å². The summed E-state index contributed by atoms with van der Waals surface area (Å²) in [7, 11) is 11.1. The molecule has 18 heavy (non-hydrogen) atoms. The third-order valence-electron chi connectivity index (χ3n) is 2.25. The number of halogens is 2. The summed E-state index contributed by atoms with van der Waals surface area (Å²) in [6, 6.07) is 16.3. The van der Waals surface area contributed by atoms with Gasteiger partial charge in [-0.2, -0.15) is 47.5 Å². The molecule has 0 fully saturated rings. The van der Waals surface area contributed by atoms with Crippen LogP contribution in [0.2, 0.25) is 0 Å². The molecule has 0 aliphatic carbocycles. The van der Waals surface area contributed by atoms with Crippen molar-refractivity contribution in [1.82, 2.24) is 0 Å². The summed E-state index contributed by atoms with van der Waals surface area (Å²) < 4.78 is 1.25. The van der Waals surface area contributed by atoms with Crippen LogP contribution in [0.4, 0.5) is 0 Å². The van der Waals surface area contributed by atoms with E-state index in [4.69, 9.17) is 17.2 Å². The van der Waals surface area contributed by atoms with E-state index in [1.807, 2.05) is 44.2 Å². The van der Waals surface area contributed by atoms with Crippen molar-refractivity contribution in [2.45, 2.75) is 27.7 Å². The Morgan fingerprint density at radius 1 is 0.944 bits per heavy atom. The molecular formula is C15H20Cl2Hf-2. The van der Waals surface area contributed by atoms with Gasteiger partial charge in [-0.15, -0.1) is 0 Å². The molecular weight excluding hydrogens is 430 g/mol. The predicted octanol–water partition coefficient (Wildman–Crippen LogP) is 5.55. The molecule has 0 saturated heterocycles. The van der Waals surface area contributed by atoms with Gasteiger partial charge in [-0.3, -0.25) is 0 Å². The summed E-state index contributed by atoms with van der Waals surface area (Å²) in [5, 5.41) is 0. The monoisotopic (exact) mass is 450 g/mol. The van der Waals surface area contributed by atoms with Crippen LogP contribution >= 0.6 is 17.2 Å². The molecule has 2 aromatic carbocycles. The van der Waals surface area contributed by atoms with Gasteiger partial charge in [0.1, 0.15) is 0 Å². The van der Waals surface area contributed by atoms with Gasteiger partial charge in [0.25, 0.3) is 0 Å². The SMILES string of the molecule is C[C](C)=[Hf]([Cl])[Cl].Cc1c[cH-]cc1C.c1cc[cH-]c1. The third-order valence-corrected chi connectivity index (χ3v) is 11.2. The topological polar surface area (TPSA) is 0 Å². The van der Waals surface area contributed by atoms with Gasteiger partial charge in [0.15, 0.2) is 0 Å². The normalized spacial score (nSPS) is 8.56. The Balaban J connectivity index is 0.000000244. The van der Waals surface area contributed by atoms with Crippen molar-refractivity contribution in [2.24, 2.45) is 0 Å². The van der Waals surface area contributed by atoms with E-state index in [2.05, 4.69) is 32.0 Å². The molecule has 3 heteroatoms. The van der Waals surface area contributed by atoms with Crippen molar-refractivity contribution in [1.29, 1.82) is 0 Å². The van der Waals surface area contributed by atoms with Crippen molar-refractivity contribution in [3.8, 4) is 0 Å². The number of aryl methyl sites for hydroxylation is 2. The van der Waals surface area contributed by atoms with Gasteiger partial charge in [0.05, 0.1) is 0 Å². The van der Waals surface area contributed by atoms with Gasteiger partial charge in [-0.1, -0.05) is 13.8 Å². The molecule has 0 aromatic heterocycles. The molecule has 0 heterocycles. The molecule has 0 amide bonds. The van der Waals surface area contributed by atoms with Crippen LogP contribution in [0.5, 0.6) is 0 Å². The third kappa shape index (κ3) is 9.99. The van der Waals surface area contributed by atoms with Crippen LogP contribution in [0.1, 0.15) is 25.0 Å². The Morgan fingerprint density at radius 3 is 1.44 bits per heavy atom. The molecule has 0 atom stereocenters. The molecule has 0 nitrogen and oxygen atoms in total. The van der Waals surface area contributed by atoms with Crippen LogP contribution in [0.25, 0.3) is 0 Å². The Kier molecular flexibility index (Phi) is 10.9. The Labute approximate surface area is 125 Å². The first-order valence-corrected chi connectivity index (χ1v) is 16.5. The van der Waals surface area contributed by atoms with E-state index in [0.717, 1.165) is 0 Å². The van der Waals surface area contributed by atoms with Gasteiger partial charge < -0.3 is 0 Å². The van der Waals surface area contributed by atoms with Crippen molar-refractivity contribution in [3.05, 3.63) is 59.7 Å². The molecule has 0 spiro atoms. The van der Waals surface area contributed by atoms with E-state index in [1.165, 1.54) is 14.4 Å². The van der Waals surface area contributed by atoms with Gasteiger partial charge in [0.2, 0.25) is 0 Å². The quantitative estimate of drug-likeness (QED) is 0.365. The summed E-state index contributed by atoms with van der Waals surface area (Å²) >= 11 is -1.97. The first-order valence-electron chi connectivity index (χ1n) is 5.79. The van der Waals surface area contributed by atoms with Crippen LogP contribution < -0.4 is 0 Å². The first-order chi connectivity index (χ1) is 8.45. The second-order valence-electron chi connectivity index (χ2n) is 4.11. The maximum Gasteiger partial charge on any atom is -0.0958 e. The van der Waals surface area contributed by atoms with Crippen LogP contribution in [-0.2, 0) is 18.6 Å². The van der Waals surface area contributed by atoms with E-state index in [0.29, 0.717) is 0 Å². The molecule has 0 N–H and O–H groups in total. The predicted molar refractivity (Wildman–Crippen MR) is 81.6 cm³/mol. The zero-order chi connectivity index (χ0) is 14.0. The number of hydrogen-bond donors (Lipinski definition) is 0. The second kappa shape index (κ2) is 10.9. The average Bonchev–Trinajstić information content (AvgIpc) is 2.96. The van der Waals surface area contributed by atoms with Crippen molar-refractivity contribution < 1.29 is 18.6 Å². The Hall–Kier alpha value is 0.0201. The molecule has 2 rings (SSSR count). The molecule has 0 aliphatic heterocycles. The van der Waals surface area contributed by atoms with Gasteiger partial charge in [0, 0.05) is 0 Å². The molecule has 2 aromatic rings. The number of rotatable bonds is 0. The minimum absolute atomic E-state index is 1.25. The molecule has 0 bridgehead atoms. The molecule has 0 saturated carbocycles. The summed E-state index contributed by atoms with van der Waals surface area (Å²) in [4.78, 5) is 0. The zero-order valence-electron chi connectivity index (χ0n) is 11.4. The molecule has 100 valence electrons. The summed E-state index contributed by atoms with van der Waals surface area (Å²) in [6.45, 7) is 8.22. The Morgan fingerprint density at radius 2 is 1.33 bits per heavy atom.